The monoisotopic (exact) mass is 276 g/mol. The molecule has 84 valence electrons. The number of halogens is 3. The van der Waals surface area contributed by atoms with E-state index >= 15 is 0 Å². The second kappa shape index (κ2) is 4.17. The van der Waals surface area contributed by atoms with Crippen molar-refractivity contribution in [2.45, 2.75) is 6.92 Å². The van der Waals surface area contributed by atoms with Crippen molar-refractivity contribution in [2.24, 2.45) is 0 Å². The molecule has 1 aromatic carbocycles. The standard InChI is InChI=1S/C10H7Cl3N2O/c1-5-2-10(16)14-15(5)9-4-7(12)6(11)3-8(9)13/h2-4H,1H3,(H,14,16). The van der Waals surface area contributed by atoms with Crippen molar-refractivity contribution < 1.29 is 0 Å². The lowest BCUT2D eigenvalue weighted by Gasteiger charge is -2.09. The highest BCUT2D eigenvalue weighted by atomic mass is 35.5. The molecule has 1 N–H and O–H groups in total. The molecule has 0 saturated carbocycles. The van der Waals surface area contributed by atoms with E-state index in [1.165, 1.54) is 6.07 Å². The molecule has 0 amide bonds. The fraction of sp³-hybridized carbons (Fsp3) is 0.100. The SMILES string of the molecule is Cc1cc(=O)[nH]n1-c1cc(Cl)c(Cl)cc1Cl. The van der Waals surface area contributed by atoms with E-state index in [0.29, 0.717) is 20.8 Å². The molecule has 0 unspecified atom stereocenters. The number of H-pyrrole nitrogens is 1. The Morgan fingerprint density at radius 1 is 1.06 bits per heavy atom. The van der Waals surface area contributed by atoms with Crippen LogP contribution in [0.1, 0.15) is 5.69 Å². The van der Waals surface area contributed by atoms with Crippen molar-refractivity contribution in [2.75, 3.05) is 0 Å². The minimum Gasteiger partial charge on any atom is -0.268 e. The van der Waals surface area contributed by atoms with Crippen molar-refractivity contribution in [3.05, 3.63) is 49.3 Å². The van der Waals surface area contributed by atoms with Gasteiger partial charge in [-0.2, -0.15) is 0 Å². The molecule has 0 bridgehead atoms. The number of aryl methyl sites for hydroxylation is 1. The third-order valence-corrected chi connectivity index (χ3v) is 3.17. The third-order valence-electron chi connectivity index (χ3n) is 2.15. The Kier molecular flexibility index (Phi) is 3.02. The summed E-state index contributed by atoms with van der Waals surface area (Å²) in [7, 11) is 0. The largest absolute Gasteiger partial charge is 0.268 e. The first-order valence-electron chi connectivity index (χ1n) is 4.42. The van der Waals surface area contributed by atoms with Gasteiger partial charge in [-0.25, -0.2) is 0 Å². The number of aromatic amines is 1. The van der Waals surface area contributed by atoms with Crippen molar-refractivity contribution >= 4 is 34.8 Å². The Hall–Kier alpha value is -0.900. The molecule has 0 radical (unpaired) electrons. The van der Waals surface area contributed by atoms with Crippen LogP contribution >= 0.6 is 34.8 Å². The van der Waals surface area contributed by atoms with E-state index in [0.717, 1.165) is 5.69 Å². The molecular formula is C10H7Cl3N2O. The zero-order valence-electron chi connectivity index (χ0n) is 8.22. The summed E-state index contributed by atoms with van der Waals surface area (Å²) in [5.41, 5.74) is 1.14. The van der Waals surface area contributed by atoms with Gasteiger partial charge in [-0.15, -0.1) is 0 Å². The van der Waals surface area contributed by atoms with Crippen molar-refractivity contribution in [1.82, 2.24) is 9.78 Å². The second-order valence-electron chi connectivity index (χ2n) is 3.31. The van der Waals surface area contributed by atoms with Crippen LogP contribution in [0.15, 0.2) is 23.0 Å². The summed E-state index contributed by atoms with van der Waals surface area (Å²) >= 11 is 17.8. The number of nitrogens with zero attached hydrogens (tertiary/aromatic N) is 1. The molecule has 0 aliphatic heterocycles. The lowest BCUT2D eigenvalue weighted by Crippen LogP contribution is -2.04. The highest BCUT2D eigenvalue weighted by molar-refractivity contribution is 6.43. The van der Waals surface area contributed by atoms with Gasteiger partial charge >= 0.3 is 0 Å². The van der Waals surface area contributed by atoms with Crippen LogP contribution in [0.4, 0.5) is 0 Å². The summed E-state index contributed by atoms with van der Waals surface area (Å²) in [4.78, 5) is 11.2. The molecule has 0 aliphatic rings. The van der Waals surface area contributed by atoms with Crippen molar-refractivity contribution in [3.63, 3.8) is 0 Å². The van der Waals surface area contributed by atoms with Crippen LogP contribution in [0, 0.1) is 6.92 Å². The maximum absolute atomic E-state index is 11.2. The van der Waals surface area contributed by atoms with Gasteiger partial charge in [-0.3, -0.25) is 14.6 Å². The number of benzene rings is 1. The van der Waals surface area contributed by atoms with Gasteiger partial charge in [0.25, 0.3) is 5.56 Å². The van der Waals surface area contributed by atoms with Gasteiger partial charge in [0, 0.05) is 11.8 Å². The van der Waals surface area contributed by atoms with Crippen LogP contribution in [0.5, 0.6) is 0 Å². The summed E-state index contributed by atoms with van der Waals surface area (Å²) in [5, 5.41) is 3.81. The Bertz CT molecular complexity index is 601. The zero-order valence-corrected chi connectivity index (χ0v) is 10.5. The van der Waals surface area contributed by atoms with Crippen LogP contribution in [-0.2, 0) is 0 Å². The highest BCUT2D eigenvalue weighted by Gasteiger charge is 2.10. The topological polar surface area (TPSA) is 37.8 Å². The Morgan fingerprint density at radius 2 is 1.69 bits per heavy atom. The molecule has 3 nitrogen and oxygen atoms in total. The van der Waals surface area contributed by atoms with E-state index in [1.807, 2.05) is 0 Å². The Morgan fingerprint density at radius 3 is 2.25 bits per heavy atom. The molecule has 0 spiro atoms. The Balaban J connectivity index is 2.69. The average molecular weight is 278 g/mol. The van der Waals surface area contributed by atoms with Gasteiger partial charge in [-0.1, -0.05) is 34.8 Å². The smallest absolute Gasteiger partial charge is 0.264 e. The highest BCUT2D eigenvalue weighted by Crippen LogP contribution is 2.31. The van der Waals surface area contributed by atoms with Crippen LogP contribution in [0.25, 0.3) is 5.69 Å². The second-order valence-corrected chi connectivity index (χ2v) is 4.54. The van der Waals surface area contributed by atoms with Gasteiger partial charge in [0.05, 0.1) is 20.8 Å². The van der Waals surface area contributed by atoms with Crippen LogP contribution in [0.2, 0.25) is 15.1 Å². The molecule has 0 saturated heterocycles. The van der Waals surface area contributed by atoms with Crippen LogP contribution in [0.3, 0.4) is 0 Å². The summed E-state index contributed by atoms with van der Waals surface area (Å²) in [6.45, 7) is 1.79. The molecule has 1 aromatic heterocycles. The third kappa shape index (κ3) is 1.98. The number of nitrogens with one attached hydrogen (secondary N) is 1. The number of hydrogen-bond acceptors (Lipinski definition) is 1. The van der Waals surface area contributed by atoms with E-state index in [-0.39, 0.29) is 5.56 Å². The maximum Gasteiger partial charge on any atom is 0.264 e. The molecule has 16 heavy (non-hydrogen) atoms. The predicted octanol–water partition coefficient (Wildman–Crippen LogP) is 3.43. The van der Waals surface area contributed by atoms with Gasteiger partial charge in [0.2, 0.25) is 0 Å². The van der Waals surface area contributed by atoms with E-state index in [9.17, 15) is 4.79 Å². The molecule has 1 heterocycles. The number of aromatic nitrogens is 2. The molecule has 0 fully saturated rings. The fourth-order valence-electron chi connectivity index (χ4n) is 1.42. The summed E-state index contributed by atoms with van der Waals surface area (Å²) < 4.78 is 1.56. The lowest BCUT2D eigenvalue weighted by molar-refractivity contribution is 0.835. The van der Waals surface area contributed by atoms with Crippen LogP contribution in [-0.4, -0.2) is 9.78 Å². The molecular weight excluding hydrogens is 270 g/mol. The summed E-state index contributed by atoms with van der Waals surface area (Å²) in [5.74, 6) is 0. The number of rotatable bonds is 1. The number of hydrogen-bond donors (Lipinski definition) is 1. The van der Waals surface area contributed by atoms with E-state index < -0.39 is 0 Å². The van der Waals surface area contributed by atoms with Gasteiger partial charge in [0.1, 0.15) is 0 Å². The van der Waals surface area contributed by atoms with Crippen molar-refractivity contribution in [3.8, 4) is 5.69 Å². The van der Waals surface area contributed by atoms with Gasteiger partial charge < -0.3 is 0 Å². The van der Waals surface area contributed by atoms with Crippen LogP contribution < -0.4 is 5.56 Å². The zero-order chi connectivity index (χ0) is 11.9. The molecule has 6 heteroatoms. The lowest BCUT2D eigenvalue weighted by atomic mass is 10.3. The predicted molar refractivity (Wildman–Crippen MR) is 66.2 cm³/mol. The summed E-state index contributed by atoms with van der Waals surface area (Å²) in [6, 6.07) is 4.62. The van der Waals surface area contributed by atoms with Gasteiger partial charge in [0.15, 0.2) is 0 Å². The van der Waals surface area contributed by atoms with E-state index in [2.05, 4.69) is 5.10 Å². The minimum absolute atomic E-state index is 0.195. The minimum atomic E-state index is -0.195. The molecule has 2 rings (SSSR count). The molecule has 2 aromatic rings. The Labute approximate surface area is 107 Å². The maximum atomic E-state index is 11.2. The summed E-state index contributed by atoms with van der Waals surface area (Å²) in [6.07, 6.45) is 0. The van der Waals surface area contributed by atoms with Gasteiger partial charge in [-0.05, 0) is 19.1 Å². The first-order chi connectivity index (χ1) is 7.49. The fourth-order valence-corrected chi connectivity index (χ4v) is 2.04. The first-order valence-corrected chi connectivity index (χ1v) is 5.56. The normalized spacial score (nSPS) is 10.8. The quantitative estimate of drug-likeness (QED) is 0.797. The van der Waals surface area contributed by atoms with E-state index in [1.54, 1.807) is 23.7 Å². The van der Waals surface area contributed by atoms with E-state index in [4.69, 9.17) is 34.8 Å². The average Bonchev–Trinajstić information content (AvgIpc) is 2.51. The van der Waals surface area contributed by atoms with Crippen molar-refractivity contribution in [1.29, 1.82) is 0 Å². The first kappa shape index (κ1) is 11.6. The molecule has 0 aliphatic carbocycles. The molecule has 0 atom stereocenters.